The van der Waals surface area contributed by atoms with Crippen molar-refractivity contribution in [2.45, 2.75) is 24.8 Å². The number of amides is 1. The summed E-state index contributed by atoms with van der Waals surface area (Å²) in [5.41, 5.74) is 0.191. The first-order chi connectivity index (χ1) is 8.06. The number of benzene rings is 1. The van der Waals surface area contributed by atoms with Gasteiger partial charge in [0.25, 0.3) is 5.91 Å². The van der Waals surface area contributed by atoms with Gasteiger partial charge in [0.1, 0.15) is 0 Å². The minimum absolute atomic E-state index is 0.00683. The lowest BCUT2D eigenvalue weighted by atomic mass is 9.77. The lowest BCUT2D eigenvalue weighted by Gasteiger charge is -2.41. The summed E-state index contributed by atoms with van der Waals surface area (Å²) in [5.74, 6) is -0.141. The van der Waals surface area contributed by atoms with Gasteiger partial charge in [-0.3, -0.25) is 4.79 Å². The van der Waals surface area contributed by atoms with Gasteiger partial charge in [-0.1, -0.05) is 15.9 Å². The average molecular weight is 363 g/mol. The van der Waals surface area contributed by atoms with Gasteiger partial charge in [-0.2, -0.15) is 0 Å². The number of aliphatic hydroxyl groups is 1. The van der Waals surface area contributed by atoms with E-state index in [4.69, 9.17) is 0 Å². The molecule has 0 saturated heterocycles. The zero-order valence-electron chi connectivity index (χ0n) is 9.17. The van der Waals surface area contributed by atoms with Crippen LogP contribution in [-0.4, -0.2) is 23.2 Å². The maximum atomic E-state index is 12.1. The van der Waals surface area contributed by atoms with E-state index in [1.54, 1.807) is 6.07 Å². The van der Waals surface area contributed by atoms with Crippen LogP contribution in [0.4, 0.5) is 0 Å². The van der Waals surface area contributed by atoms with Gasteiger partial charge in [0, 0.05) is 8.95 Å². The molecule has 0 spiro atoms. The molecular weight excluding hydrogens is 350 g/mol. The Morgan fingerprint density at radius 2 is 2.12 bits per heavy atom. The number of halogens is 2. The minimum Gasteiger partial charge on any atom is -0.394 e. The van der Waals surface area contributed by atoms with Gasteiger partial charge in [0.05, 0.1) is 17.7 Å². The molecular formula is C12H13Br2NO2. The summed E-state index contributed by atoms with van der Waals surface area (Å²) in [6.45, 7) is 0.00683. The van der Waals surface area contributed by atoms with Crippen LogP contribution in [0.2, 0.25) is 0 Å². The van der Waals surface area contributed by atoms with Gasteiger partial charge in [-0.05, 0) is 53.4 Å². The van der Waals surface area contributed by atoms with Crippen LogP contribution in [-0.2, 0) is 0 Å². The van der Waals surface area contributed by atoms with Crippen molar-refractivity contribution in [3.05, 3.63) is 32.7 Å². The van der Waals surface area contributed by atoms with Crippen molar-refractivity contribution in [2.75, 3.05) is 6.61 Å². The molecule has 5 heteroatoms. The van der Waals surface area contributed by atoms with Crippen LogP contribution in [0.15, 0.2) is 27.1 Å². The Kier molecular flexibility index (Phi) is 3.90. The van der Waals surface area contributed by atoms with Crippen molar-refractivity contribution in [3.63, 3.8) is 0 Å². The maximum Gasteiger partial charge on any atom is 0.252 e. The molecule has 0 heterocycles. The molecule has 0 aliphatic heterocycles. The zero-order valence-corrected chi connectivity index (χ0v) is 12.3. The highest BCUT2D eigenvalue weighted by Crippen LogP contribution is 2.32. The van der Waals surface area contributed by atoms with E-state index in [1.165, 1.54) is 0 Å². The number of hydrogen-bond acceptors (Lipinski definition) is 2. The highest BCUT2D eigenvalue weighted by Gasteiger charge is 2.38. The van der Waals surface area contributed by atoms with Crippen molar-refractivity contribution in [1.82, 2.24) is 5.32 Å². The molecule has 92 valence electrons. The number of hydrogen-bond donors (Lipinski definition) is 2. The third-order valence-electron chi connectivity index (χ3n) is 3.17. The predicted octanol–water partition coefficient (Wildman–Crippen LogP) is 2.86. The summed E-state index contributed by atoms with van der Waals surface area (Å²) in [4.78, 5) is 12.1. The van der Waals surface area contributed by atoms with Gasteiger partial charge in [-0.25, -0.2) is 0 Å². The van der Waals surface area contributed by atoms with E-state index < -0.39 is 5.54 Å². The van der Waals surface area contributed by atoms with E-state index in [0.29, 0.717) is 5.56 Å². The van der Waals surface area contributed by atoms with Crippen LogP contribution in [0, 0.1) is 0 Å². The Bertz CT molecular complexity index is 439. The van der Waals surface area contributed by atoms with Gasteiger partial charge in [-0.15, -0.1) is 0 Å². The quantitative estimate of drug-likeness (QED) is 0.868. The smallest absolute Gasteiger partial charge is 0.252 e. The summed E-state index contributed by atoms with van der Waals surface area (Å²) in [5, 5.41) is 12.2. The molecule has 1 aromatic carbocycles. The highest BCUT2D eigenvalue weighted by molar-refractivity contribution is 9.11. The SMILES string of the molecule is O=C(NC1(CO)CCC1)c1ccc(Br)cc1Br. The number of aliphatic hydroxyl groups excluding tert-OH is 1. The lowest BCUT2D eigenvalue weighted by Crippen LogP contribution is -2.56. The second kappa shape index (κ2) is 5.08. The standard InChI is InChI=1S/C12H13Br2NO2/c13-8-2-3-9(10(14)6-8)11(17)15-12(7-16)4-1-5-12/h2-3,6,16H,1,4-5,7H2,(H,15,17). The number of rotatable bonds is 3. The van der Waals surface area contributed by atoms with Crippen LogP contribution >= 0.6 is 31.9 Å². The van der Waals surface area contributed by atoms with E-state index in [0.717, 1.165) is 28.2 Å². The lowest BCUT2D eigenvalue weighted by molar-refractivity contribution is 0.0641. The van der Waals surface area contributed by atoms with Crippen molar-refractivity contribution >= 4 is 37.8 Å². The number of carbonyl (C=O) groups is 1. The van der Waals surface area contributed by atoms with E-state index >= 15 is 0 Å². The van der Waals surface area contributed by atoms with Gasteiger partial charge >= 0.3 is 0 Å². The van der Waals surface area contributed by atoms with E-state index in [1.807, 2.05) is 12.1 Å². The van der Waals surface area contributed by atoms with Crippen LogP contribution in [0.3, 0.4) is 0 Å². The van der Waals surface area contributed by atoms with Gasteiger partial charge in [0.15, 0.2) is 0 Å². The summed E-state index contributed by atoms with van der Waals surface area (Å²) in [6, 6.07) is 5.42. The fourth-order valence-electron chi connectivity index (χ4n) is 1.91. The molecule has 1 aliphatic rings. The predicted molar refractivity (Wildman–Crippen MR) is 73.0 cm³/mol. The van der Waals surface area contributed by atoms with E-state index in [9.17, 15) is 9.90 Å². The van der Waals surface area contributed by atoms with Crippen LogP contribution in [0.25, 0.3) is 0 Å². The zero-order chi connectivity index (χ0) is 12.5. The van der Waals surface area contributed by atoms with Crippen LogP contribution in [0.5, 0.6) is 0 Å². The first-order valence-corrected chi connectivity index (χ1v) is 7.03. The molecule has 0 radical (unpaired) electrons. The normalized spacial score (nSPS) is 17.4. The fraction of sp³-hybridized carbons (Fsp3) is 0.417. The van der Waals surface area contributed by atoms with Crippen molar-refractivity contribution in [2.24, 2.45) is 0 Å². The molecule has 1 saturated carbocycles. The molecule has 1 fully saturated rings. The largest absolute Gasteiger partial charge is 0.394 e. The molecule has 2 N–H and O–H groups in total. The van der Waals surface area contributed by atoms with E-state index in [-0.39, 0.29) is 12.5 Å². The fourth-order valence-corrected chi connectivity index (χ4v) is 3.14. The van der Waals surface area contributed by atoms with Crippen LogP contribution in [0.1, 0.15) is 29.6 Å². The first kappa shape index (κ1) is 13.1. The van der Waals surface area contributed by atoms with E-state index in [2.05, 4.69) is 37.2 Å². The van der Waals surface area contributed by atoms with Crippen molar-refractivity contribution in [3.8, 4) is 0 Å². The Hall–Kier alpha value is -0.390. The topological polar surface area (TPSA) is 49.3 Å². The number of carbonyl (C=O) groups excluding carboxylic acids is 1. The monoisotopic (exact) mass is 361 g/mol. The second-order valence-corrected chi connectivity index (χ2v) is 6.14. The second-order valence-electron chi connectivity index (χ2n) is 4.37. The molecule has 0 atom stereocenters. The summed E-state index contributed by atoms with van der Waals surface area (Å²) in [6.07, 6.45) is 2.76. The minimum atomic E-state index is -0.399. The van der Waals surface area contributed by atoms with Crippen molar-refractivity contribution < 1.29 is 9.90 Å². The molecule has 0 aromatic heterocycles. The molecule has 0 bridgehead atoms. The molecule has 3 nitrogen and oxygen atoms in total. The molecule has 17 heavy (non-hydrogen) atoms. The summed E-state index contributed by atoms with van der Waals surface area (Å²) >= 11 is 6.71. The average Bonchev–Trinajstić information content (AvgIpc) is 2.23. The summed E-state index contributed by atoms with van der Waals surface area (Å²) < 4.78 is 1.67. The molecule has 2 rings (SSSR count). The first-order valence-electron chi connectivity index (χ1n) is 5.45. The van der Waals surface area contributed by atoms with Crippen molar-refractivity contribution in [1.29, 1.82) is 0 Å². The Labute approximate surface area is 117 Å². The molecule has 1 aromatic rings. The number of nitrogens with one attached hydrogen (secondary N) is 1. The van der Waals surface area contributed by atoms with Gasteiger partial charge in [0.2, 0.25) is 0 Å². The molecule has 0 unspecified atom stereocenters. The molecule has 1 aliphatic carbocycles. The summed E-state index contributed by atoms with van der Waals surface area (Å²) in [7, 11) is 0. The third-order valence-corrected chi connectivity index (χ3v) is 4.32. The Morgan fingerprint density at radius 3 is 2.59 bits per heavy atom. The van der Waals surface area contributed by atoms with Gasteiger partial charge < -0.3 is 10.4 Å². The van der Waals surface area contributed by atoms with Crippen LogP contribution < -0.4 is 5.32 Å². The third kappa shape index (κ3) is 2.72. The Balaban J connectivity index is 2.14. The Morgan fingerprint density at radius 1 is 1.41 bits per heavy atom. The maximum absolute atomic E-state index is 12.1. The highest BCUT2D eigenvalue weighted by atomic mass is 79.9. The molecule has 1 amide bonds.